The van der Waals surface area contributed by atoms with Crippen LogP contribution in [0.1, 0.15) is 31.2 Å². The van der Waals surface area contributed by atoms with Crippen molar-refractivity contribution in [2.45, 2.75) is 48.4 Å². The van der Waals surface area contributed by atoms with Crippen LogP contribution in [0.2, 0.25) is 0 Å². The maximum Gasteiger partial charge on any atom is 0.387 e. The van der Waals surface area contributed by atoms with E-state index >= 15 is 0 Å². The van der Waals surface area contributed by atoms with Gasteiger partial charge in [0.25, 0.3) is 0 Å². The Morgan fingerprint density at radius 2 is 1.82 bits per heavy atom. The molecule has 0 spiro atoms. The van der Waals surface area contributed by atoms with Crippen molar-refractivity contribution in [3.05, 3.63) is 29.6 Å². The topological polar surface area (TPSA) is 63.6 Å². The van der Waals surface area contributed by atoms with Gasteiger partial charge in [-0.1, -0.05) is 6.07 Å². The van der Waals surface area contributed by atoms with Gasteiger partial charge in [-0.3, -0.25) is 0 Å². The van der Waals surface area contributed by atoms with E-state index < -0.39 is 44.1 Å². The fraction of sp³-hybridized carbons (Fsp3) is 0.571. The van der Waals surface area contributed by atoms with E-state index in [1.807, 2.05) is 0 Å². The van der Waals surface area contributed by atoms with Crippen LogP contribution in [0.15, 0.2) is 18.2 Å². The predicted octanol–water partition coefficient (Wildman–Crippen LogP) is 2.35. The second-order valence-electron chi connectivity index (χ2n) is 5.84. The molecule has 22 heavy (non-hydrogen) atoms. The molecule has 4 nitrogen and oxygen atoms in total. The van der Waals surface area contributed by atoms with Crippen LogP contribution in [0.5, 0.6) is 5.75 Å². The lowest BCUT2D eigenvalue weighted by Gasteiger charge is -2.37. The summed E-state index contributed by atoms with van der Waals surface area (Å²) in [5.41, 5.74) is -2.19. The van der Waals surface area contributed by atoms with Gasteiger partial charge < -0.3 is 9.84 Å². The lowest BCUT2D eigenvalue weighted by molar-refractivity contribution is -0.0564. The third kappa shape index (κ3) is 2.38. The van der Waals surface area contributed by atoms with E-state index in [9.17, 15) is 26.7 Å². The number of alkyl halides is 2. The third-order valence-electron chi connectivity index (χ3n) is 4.53. The highest BCUT2D eigenvalue weighted by molar-refractivity contribution is 7.93. The molecule has 8 heteroatoms. The van der Waals surface area contributed by atoms with E-state index in [1.54, 1.807) is 0 Å². The Kier molecular flexibility index (Phi) is 3.64. The molecule has 2 fully saturated rings. The number of halogens is 3. The van der Waals surface area contributed by atoms with E-state index in [0.29, 0.717) is 12.8 Å². The smallest absolute Gasteiger partial charge is 0.387 e. The van der Waals surface area contributed by atoms with Crippen LogP contribution in [0.3, 0.4) is 0 Å². The first-order chi connectivity index (χ1) is 10.2. The van der Waals surface area contributed by atoms with Crippen LogP contribution in [0, 0.1) is 5.82 Å². The van der Waals surface area contributed by atoms with E-state index in [0.717, 1.165) is 12.1 Å². The number of ether oxygens (including phenoxy) is 1. The first-order valence-corrected chi connectivity index (χ1v) is 8.54. The standard InChI is InChI=1S/C14H15F3O4S/c15-10-2-1-3-11(21-13(16)17)12(10)14(18)6-8-4-5-9(7-14)22(8,19)20/h1-3,8-9,13,18H,4-7H2. The number of rotatable bonds is 3. The van der Waals surface area contributed by atoms with Crippen LogP contribution in [0.4, 0.5) is 13.2 Å². The monoisotopic (exact) mass is 336 g/mol. The maximum atomic E-state index is 14.2. The Morgan fingerprint density at radius 1 is 1.23 bits per heavy atom. The van der Waals surface area contributed by atoms with Crippen molar-refractivity contribution in [3.8, 4) is 5.75 Å². The highest BCUT2D eigenvalue weighted by Gasteiger charge is 2.54. The van der Waals surface area contributed by atoms with Crippen molar-refractivity contribution >= 4 is 9.84 Å². The average molecular weight is 336 g/mol. The van der Waals surface area contributed by atoms with Crippen molar-refractivity contribution in [3.63, 3.8) is 0 Å². The molecule has 2 aliphatic rings. The number of fused-ring (bicyclic) bond motifs is 2. The minimum absolute atomic E-state index is 0.202. The lowest BCUT2D eigenvalue weighted by atomic mass is 9.85. The van der Waals surface area contributed by atoms with Crippen molar-refractivity contribution < 1.29 is 31.4 Å². The zero-order valence-corrected chi connectivity index (χ0v) is 12.3. The molecule has 1 N–H and O–H groups in total. The Morgan fingerprint density at radius 3 is 2.36 bits per heavy atom. The quantitative estimate of drug-likeness (QED) is 0.920. The second-order valence-corrected chi connectivity index (χ2v) is 8.35. The number of hydrogen-bond donors (Lipinski definition) is 1. The molecule has 2 heterocycles. The first-order valence-electron chi connectivity index (χ1n) is 6.93. The lowest BCUT2D eigenvalue weighted by Crippen LogP contribution is -2.43. The number of sulfone groups is 1. The molecule has 0 amide bonds. The summed E-state index contributed by atoms with van der Waals surface area (Å²) < 4.78 is 67.6. The van der Waals surface area contributed by atoms with Gasteiger partial charge in [-0.25, -0.2) is 12.8 Å². The van der Waals surface area contributed by atoms with Gasteiger partial charge in [0, 0.05) is 0 Å². The van der Waals surface area contributed by atoms with Gasteiger partial charge in [0.05, 0.1) is 21.7 Å². The summed E-state index contributed by atoms with van der Waals surface area (Å²) in [5, 5.41) is 9.26. The molecule has 122 valence electrons. The summed E-state index contributed by atoms with van der Waals surface area (Å²) in [6.07, 6.45) is 0.391. The summed E-state index contributed by atoms with van der Waals surface area (Å²) >= 11 is 0. The predicted molar refractivity (Wildman–Crippen MR) is 71.9 cm³/mol. The van der Waals surface area contributed by atoms with Gasteiger partial charge in [-0.15, -0.1) is 0 Å². The molecule has 1 aromatic carbocycles. The Balaban J connectivity index is 2.05. The molecule has 2 saturated heterocycles. The molecule has 0 aromatic heterocycles. The van der Waals surface area contributed by atoms with E-state index in [-0.39, 0.29) is 18.4 Å². The fourth-order valence-electron chi connectivity index (χ4n) is 3.60. The summed E-state index contributed by atoms with van der Waals surface area (Å²) in [7, 11) is -3.33. The second kappa shape index (κ2) is 5.13. The average Bonchev–Trinajstić information content (AvgIpc) is 2.58. The summed E-state index contributed by atoms with van der Waals surface area (Å²) in [6.45, 7) is -3.16. The zero-order chi connectivity index (χ0) is 16.1. The van der Waals surface area contributed by atoms with E-state index in [2.05, 4.69) is 4.74 Å². The van der Waals surface area contributed by atoms with Gasteiger partial charge in [0.15, 0.2) is 9.84 Å². The van der Waals surface area contributed by atoms with Gasteiger partial charge >= 0.3 is 6.61 Å². The third-order valence-corrected chi connectivity index (χ3v) is 7.19. The van der Waals surface area contributed by atoms with Crippen LogP contribution < -0.4 is 4.74 Å². The summed E-state index contributed by atoms with van der Waals surface area (Å²) in [6, 6.07) is 3.39. The molecule has 2 atom stereocenters. The van der Waals surface area contributed by atoms with Gasteiger partial charge in [0.2, 0.25) is 0 Å². The largest absolute Gasteiger partial charge is 0.434 e. The molecule has 0 radical (unpaired) electrons. The SMILES string of the molecule is O=S1(=O)C2CCC1CC(O)(c1c(F)cccc1OC(F)F)C2. The molecule has 0 aliphatic carbocycles. The van der Waals surface area contributed by atoms with Crippen LogP contribution in [-0.4, -0.2) is 30.6 Å². The van der Waals surface area contributed by atoms with Crippen LogP contribution in [-0.2, 0) is 15.4 Å². The zero-order valence-electron chi connectivity index (χ0n) is 11.5. The van der Waals surface area contributed by atoms with Gasteiger partial charge in [0.1, 0.15) is 11.6 Å². The Bertz CT molecular complexity index is 669. The van der Waals surface area contributed by atoms with Gasteiger partial charge in [-0.2, -0.15) is 8.78 Å². The van der Waals surface area contributed by atoms with Crippen molar-refractivity contribution in [2.24, 2.45) is 0 Å². The first kappa shape index (κ1) is 15.6. The van der Waals surface area contributed by atoms with E-state index in [1.165, 1.54) is 6.07 Å². The summed E-state index contributed by atoms with van der Waals surface area (Å²) in [4.78, 5) is 0. The molecule has 0 saturated carbocycles. The van der Waals surface area contributed by atoms with Gasteiger partial charge in [-0.05, 0) is 37.8 Å². The molecular formula is C14H15F3O4S. The molecule has 2 bridgehead atoms. The minimum Gasteiger partial charge on any atom is -0.434 e. The van der Waals surface area contributed by atoms with Crippen LogP contribution >= 0.6 is 0 Å². The number of benzene rings is 1. The highest BCUT2D eigenvalue weighted by Crippen LogP contribution is 2.50. The summed E-state index contributed by atoms with van der Waals surface area (Å²) in [5.74, 6) is -1.32. The van der Waals surface area contributed by atoms with Crippen molar-refractivity contribution in [1.29, 1.82) is 0 Å². The highest BCUT2D eigenvalue weighted by atomic mass is 32.2. The molecular weight excluding hydrogens is 321 g/mol. The maximum absolute atomic E-state index is 14.2. The van der Waals surface area contributed by atoms with E-state index in [4.69, 9.17) is 0 Å². The van der Waals surface area contributed by atoms with Crippen LogP contribution in [0.25, 0.3) is 0 Å². The van der Waals surface area contributed by atoms with Crippen molar-refractivity contribution in [2.75, 3.05) is 0 Å². The molecule has 3 rings (SSSR count). The fourth-order valence-corrected chi connectivity index (χ4v) is 6.09. The Labute approximate surface area is 125 Å². The molecule has 1 aromatic rings. The number of aliphatic hydroxyl groups is 1. The molecule has 2 aliphatic heterocycles. The Hall–Kier alpha value is -1.28. The van der Waals surface area contributed by atoms with Crippen molar-refractivity contribution in [1.82, 2.24) is 0 Å². The minimum atomic E-state index is -3.33. The normalized spacial score (nSPS) is 33.1. The number of hydrogen-bond acceptors (Lipinski definition) is 4. The molecule has 2 unspecified atom stereocenters.